The molecule has 0 bridgehead atoms. The van der Waals surface area contributed by atoms with Crippen molar-refractivity contribution in [3.8, 4) is 0 Å². The Labute approximate surface area is 77.1 Å². The molecular formula is C6H11NO2S2. The highest BCUT2D eigenvalue weighted by molar-refractivity contribution is 8.10. The molecule has 64 valence electrons. The first-order valence-corrected chi connectivity index (χ1v) is 4.23. The zero-order valence-corrected chi connectivity index (χ0v) is 8.03. The lowest BCUT2D eigenvalue weighted by atomic mass is 10.6. The van der Waals surface area contributed by atoms with E-state index in [9.17, 15) is 0 Å². The molecule has 0 aromatic carbocycles. The second-order valence-corrected chi connectivity index (χ2v) is 3.45. The lowest BCUT2D eigenvalue weighted by molar-refractivity contribution is -0.0491. The maximum atomic E-state index is 5.22. The summed E-state index contributed by atoms with van der Waals surface area (Å²) in [4.78, 5) is 1.81. The van der Waals surface area contributed by atoms with Crippen molar-refractivity contribution in [1.29, 1.82) is 0 Å². The van der Waals surface area contributed by atoms with Crippen molar-refractivity contribution in [3.05, 3.63) is 0 Å². The summed E-state index contributed by atoms with van der Waals surface area (Å²) in [5.41, 5.74) is 0. The minimum absolute atomic E-state index is 0.134. The predicted molar refractivity (Wildman–Crippen MR) is 49.9 cm³/mol. The van der Waals surface area contributed by atoms with Gasteiger partial charge < -0.3 is 14.4 Å². The molecule has 1 saturated heterocycles. The zero-order valence-electron chi connectivity index (χ0n) is 6.32. The second-order valence-electron chi connectivity index (χ2n) is 2.33. The molecule has 0 aromatic rings. The molecule has 0 atom stereocenters. The fraction of sp³-hybridized carbons (Fsp3) is 0.833. The Morgan fingerprint density at radius 1 is 1.64 bits per heavy atom. The molecule has 5 heteroatoms. The van der Waals surface area contributed by atoms with Crippen LogP contribution < -0.4 is 0 Å². The van der Waals surface area contributed by atoms with Gasteiger partial charge in [-0.25, -0.2) is 0 Å². The quantitative estimate of drug-likeness (QED) is 0.509. The summed E-state index contributed by atoms with van der Waals surface area (Å²) in [6.45, 7) is 2.01. The number of nitrogens with zero attached hydrogens (tertiary/aromatic N) is 1. The van der Waals surface area contributed by atoms with Crippen LogP contribution in [0.1, 0.15) is 0 Å². The maximum Gasteiger partial charge on any atom is 0.175 e. The molecule has 11 heavy (non-hydrogen) atoms. The average Bonchev–Trinajstić information content (AvgIpc) is 2.39. The fourth-order valence-corrected chi connectivity index (χ4v) is 0.971. The number of likely N-dealkylation sites (N-methyl/N-ethyl adjacent to an activating group) is 1. The molecular weight excluding hydrogens is 182 g/mol. The van der Waals surface area contributed by atoms with Crippen LogP contribution >= 0.6 is 24.8 Å². The SMILES string of the molecule is CN(CC1OCCO1)C(=S)S. The first-order chi connectivity index (χ1) is 5.20. The smallest absolute Gasteiger partial charge is 0.175 e. The van der Waals surface area contributed by atoms with Gasteiger partial charge in [-0.15, -0.1) is 12.6 Å². The van der Waals surface area contributed by atoms with E-state index in [0.717, 1.165) is 0 Å². The Balaban J connectivity index is 2.23. The van der Waals surface area contributed by atoms with Crippen LogP contribution in [-0.4, -0.2) is 42.3 Å². The summed E-state index contributed by atoms with van der Waals surface area (Å²) >= 11 is 8.84. The van der Waals surface area contributed by atoms with Crippen LogP contribution in [-0.2, 0) is 9.47 Å². The van der Waals surface area contributed by atoms with Crippen LogP contribution in [0.3, 0.4) is 0 Å². The third-order valence-electron chi connectivity index (χ3n) is 1.44. The van der Waals surface area contributed by atoms with Crippen LogP contribution in [0.15, 0.2) is 0 Å². The highest BCUT2D eigenvalue weighted by Gasteiger charge is 2.17. The number of thiocarbonyl (C=S) groups is 1. The summed E-state index contributed by atoms with van der Waals surface area (Å²) in [6.07, 6.45) is -0.134. The van der Waals surface area contributed by atoms with E-state index < -0.39 is 0 Å². The van der Waals surface area contributed by atoms with E-state index in [1.165, 1.54) is 0 Å². The second kappa shape index (κ2) is 4.25. The topological polar surface area (TPSA) is 21.7 Å². The largest absolute Gasteiger partial charge is 0.356 e. The minimum Gasteiger partial charge on any atom is -0.356 e. The van der Waals surface area contributed by atoms with Gasteiger partial charge in [-0.05, 0) is 0 Å². The van der Waals surface area contributed by atoms with E-state index in [0.29, 0.717) is 24.1 Å². The van der Waals surface area contributed by atoms with Gasteiger partial charge in [-0.2, -0.15) is 0 Å². The van der Waals surface area contributed by atoms with Gasteiger partial charge in [0.15, 0.2) is 6.29 Å². The first kappa shape index (κ1) is 9.25. The summed E-state index contributed by atoms with van der Waals surface area (Å²) in [6, 6.07) is 0. The van der Waals surface area contributed by atoms with Crippen LogP contribution in [0.2, 0.25) is 0 Å². The van der Waals surface area contributed by atoms with Crippen molar-refractivity contribution in [2.45, 2.75) is 6.29 Å². The molecule has 0 radical (unpaired) electrons. The molecule has 0 aromatic heterocycles. The van der Waals surface area contributed by atoms with Gasteiger partial charge in [0, 0.05) is 7.05 Å². The van der Waals surface area contributed by atoms with E-state index in [1.807, 2.05) is 11.9 Å². The zero-order chi connectivity index (χ0) is 8.27. The molecule has 0 amide bonds. The van der Waals surface area contributed by atoms with Gasteiger partial charge in [-0.3, -0.25) is 0 Å². The van der Waals surface area contributed by atoms with Crippen molar-refractivity contribution in [2.75, 3.05) is 26.8 Å². The van der Waals surface area contributed by atoms with Gasteiger partial charge in [-0.1, -0.05) is 12.2 Å². The van der Waals surface area contributed by atoms with Crippen molar-refractivity contribution in [1.82, 2.24) is 4.90 Å². The Bertz CT molecular complexity index is 148. The van der Waals surface area contributed by atoms with Crippen LogP contribution in [0.4, 0.5) is 0 Å². The highest BCUT2D eigenvalue weighted by Crippen LogP contribution is 2.05. The molecule has 0 aliphatic carbocycles. The van der Waals surface area contributed by atoms with Gasteiger partial charge >= 0.3 is 0 Å². The van der Waals surface area contributed by atoms with E-state index in [-0.39, 0.29) is 6.29 Å². The van der Waals surface area contributed by atoms with Crippen LogP contribution in [0.25, 0.3) is 0 Å². The van der Waals surface area contributed by atoms with Crippen molar-refractivity contribution >= 4 is 29.2 Å². The molecule has 1 rings (SSSR count). The Kier molecular flexibility index (Phi) is 3.58. The Hall–Kier alpha value is 0.160. The van der Waals surface area contributed by atoms with E-state index in [2.05, 4.69) is 12.6 Å². The van der Waals surface area contributed by atoms with Gasteiger partial charge in [0.1, 0.15) is 4.32 Å². The van der Waals surface area contributed by atoms with Crippen molar-refractivity contribution in [3.63, 3.8) is 0 Å². The molecule has 1 aliphatic heterocycles. The van der Waals surface area contributed by atoms with Crippen molar-refractivity contribution in [2.24, 2.45) is 0 Å². The summed E-state index contributed by atoms with van der Waals surface area (Å²) in [5.74, 6) is 0. The molecule has 0 N–H and O–H groups in total. The summed E-state index contributed by atoms with van der Waals surface area (Å²) in [7, 11) is 1.86. The summed E-state index contributed by atoms with van der Waals surface area (Å²) < 4.78 is 11.0. The van der Waals surface area contributed by atoms with Crippen molar-refractivity contribution < 1.29 is 9.47 Å². The van der Waals surface area contributed by atoms with Gasteiger partial charge in [0.05, 0.1) is 19.8 Å². The number of hydrogen-bond donors (Lipinski definition) is 1. The standard InChI is InChI=1S/C6H11NO2S2/c1-7(6(10)11)4-5-8-2-3-9-5/h5H,2-4H2,1H3,(H,10,11). The predicted octanol–water partition coefficient (Wildman–Crippen LogP) is 0.506. The lowest BCUT2D eigenvalue weighted by Crippen LogP contribution is -2.31. The first-order valence-electron chi connectivity index (χ1n) is 3.37. The number of rotatable bonds is 2. The molecule has 0 saturated carbocycles. The highest BCUT2D eigenvalue weighted by atomic mass is 32.1. The van der Waals surface area contributed by atoms with Crippen LogP contribution in [0, 0.1) is 0 Å². The van der Waals surface area contributed by atoms with E-state index in [4.69, 9.17) is 21.7 Å². The molecule has 1 fully saturated rings. The minimum atomic E-state index is -0.134. The summed E-state index contributed by atoms with van der Waals surface area (Å²) in [5, 5.41) is 0. The normalized spacial score (nSPS) is 18.7. The molecule has 0 unspecified atom stereocenters. The van der Waals surface area contributed by atoms with Crippen LogP contribution in [0.5, 0.6) is 0 Å². The van der Waals surface area contributed by atoms with Gasteiger partial charge in [0.2, 0.25) is 0 Å². The average molecular weight is 193 g/mol. The third-order valence-corrected chi connectivity index (χ3v) is 2.09. The van der Waals surface area contributed by atoms with E-state index >= 15 is 0 Å². The third kappa shape index (κ3) is 2.94. The molecule has 1 heterocycles. The monoisotopic (exact) mass is 193 g/mol. The fourth-order valence-electron chi connectivity index (χ4n) is 0.814. The Morgan fingerprint density at radius 3 is 2.64 bits per heavy atom. The number of hydrogen-bond acceptors (Lipinski definition) is 3. The van der Waals surface area contributed by atoms with Gasteiger partial charge in [0.25, 0.3) is 0 Å². The number of ether oxygens (including phenoxy) is 2. The maximum absolute atomic E-state index is 5.22. The van der Waals surface area contributed by atoms with E-state index in [1.54, 1.807) is 0 Å². The molecule has 1 aliphatic rings. The number of thiol groups is 1. The molecule has 0 spiro atoms. The molecule has 3 nitrogen and oxygen atoms in total. The Morgan fingerprint density at radius 2 is 2.18 bits per heavy atom. The lowest BCUT2D eigenvalue weighted by Gasteiger charge is -2.19.